The third-order valence-corrected chi connectivity index (χ3v) is 4.47. The van der Waals surface area contributed by atoms with Gasteiger partial charge >= 0.3 is 0 Å². The summed E-state index contributed by atoms with van der Waals surface area (Å²) in [6.45, 7) is 1.41. The number of anilines is 3. The number of nitrogens with zero attached hydrogens (tertiary/aromatic N) is 5. The molecule has 1 amide bonds. The smallest absolute Gasteiger partial charge is 0.232 e. The number of amides is 1. The van der Waals surface area contributed by atoms with Gasteiger partial charge < -0.3 is 15.4 Å². The van der Waals surface area contributed by atoms with Gasteiger partial charge in [0.1, 0.15) is 5.75 Å². The summed E-state index contributed by atoms with van der Waals surface area (Å²) in [5.41, 5.74) is 2.01. The van der Waals surface area contributed by atoms with Crippen LogP contribution in [0.25, 0.3) is 11.1 Å². The van der Waals surface area contributed by atoms with Crippen LogP contribution in [0.3, 0.4) is 0 Å². The summed E-state index contributed by atoms with van der Waals surface area (Å²) in [6.07, 6.45) is 6.27. The van der Waals surface area contributed by atoms with Crippen LogP contribution in [0.4, 0.5) is 21.7 Å². The van der Waals surface area contributed by atoms with Crippen LogP contribution in [0, 0.1) is 5.82 Å². The Morgan fingerprint density at radius 2 is 2.00 bits per heavy atom. The molecule has 9 nitrogen and oxygen atoms in total. The molecule has 4 aromatic rings. The summed E-state index contributed by atoms with van der Waals surface area (Å²) in [4.78, 5) is 23.9. The van der Waals surface area contributed by atoms with Crippen molar-refractivity contribution in [1.29, 1.82) is 0 Å². The molecule has 0 radical (unpaired) electrons. The molecule has 11 heteroatoms. The van der Waals surface area contributed by atoms with E-state index in [1.54, 1.807) is 48.4 Å². The van der Waals surface area contributed by atoms with Crippen LogP contribution in [0.2, 0.25) is 5.15 Å². The van der Waals surface area contributed by atoms with E-state index < -0.39 is 5.82 Å². The minimum atomic E-state index is -0.680. The molecule has 0 saturated heterocycles. The van der Waals surface area contributed by atoms with Crippen molar-refractivity contribution >= 4 is 34.8 Å². The average Bonchev–Trinajstić information content (AvgIpc) is 3.15. The Balaban J connectivity index is 1.73. The Labute approximate surface area is 187 Å². The van der Waals surface area contributed by atoms with Crippen LogP contribution in [0.15, 0.2) is 55.1 Å². The number of carbonyl (C=O) groups is 1. The number of benzene rings is 1. The summed E-state index contributed by atoms with van der Waals surface area (Å²) < 4.78 is 21.7. The summed E-state index contributed by atoms with van der Waals surface area (Å²) in [7, 11) is 1.79. The maximum absolute atomic E-state index is 14.0. The fraction of sp³-hybridized carbons (Fsp3) is 0.0952. The molecule has 4 rings (SSSR count). The largest absolute Gasteiger partial charge is 0.438 e. The Bertz CT molecular complexity index is 1290. The number of hydrogen-bond acceptors (Lipinski definition) is 7. The van der Waals surface area contributed by atoms with Crippen LogP contribution in [-0.4, -0.2) is 30.6 Å². The fourth-order valence-corrected chi connectivity index (χ4v) is 2.94. The standard InChI is InChI=1S/C21H17ClFN7O2/c1-12(31)27-14-4-3-5-16(7-14)32-20-17(13-6-18(23)19(22)24-8-13)10-25-21(29-20)28-15-9-26-30(2)11-15/h3-11H,1-2H3,(H,27,31)(H,25,28,29). The van der Waals surface area contributed by atoms with Gasteiger partial charge in [-0.1, -0.05) is 17.7 Å². The van der Waals surface area contributed by atoms with Gasteiger partial charge in [0.15, 0.2) is 11.0 Å². The van der Waals surface area contributed by atoms with Crippen molar-refractivity contribution in [2.24, 2.45) is 7.05 Å². The summed E-state index contributed by atoms with van der Waals surface area (Å²) in [5.74, 6) is -0.0890. The van der Waals surface area contributed by atoms with Gasteiger partial charge in [0.05, 0.1) is 17.4 Å². The molecule has 0 saturated carbocycles. The number of aryl methyl sites for hydroxylation is 1. The van der Waals surface area contributed by atoms with Gasteiger partial charge in [-0.15, -0.1) is 0 Å². The third kappa shape index (κ3) is 4.98. The normalized spacial score (nSPS) is 10.6. The molecule has 0 aliphatic heterocycles. The lowest BCUT2D eigenvalue weighted by molar-refractivity contribution is -0.114. The van der Waals surface area contributed by atoms with Gasteiger partial charge in [0, 0.05) is 49.9 Å². The Hall–Kier alpha value is -4.05. The number of pyridine rings is 1. The van der Waals surface area contributed by atoms with Crippen molar-refractivity contribution in [2.45, 2.75) is 6.92 Å². The predicted octanol–water partition coefficient (Wildman–Crippen LogP) is 4.56. The molecule has 32 heavy (non-hydrogen) atoms. The quantitative estimate of drug-likeness (QED) is 0.412. The van der Waals surface area contributed by atoms with E-state index in [4.69, 9.17) is 16.3 Å². The second-order valence-electron chi connectivity index (χ2n) is 6.75. The van der Waals surface area contributed by atoms with Crippen molar-refractivity contribution < 1.29 is 13.9 Å². The summed E-state index contributed by atoms with van der Waals surface area (Å²) >= 11 is 5.71. The van der Waals surface area contributed by atoms with E-state index in [2.05, 4.69) is 30.7 Å². The highest BCUT2D eigenvalue weighted by atomic mass is 35.5. The molecule has 1 aromatic carbocycles. The molecule has 0 atom stereocenters. The maximum atomic E-state index is 14.0. The highest BCUT2D eigenvalue weighted by molar-refractivity contribution is 6.29. The van der Waals surface area contributed by atoms with Gasteiger partial charge in [-0.05, 0) is 18.2 Å². The molecule has 0 aliphatic rings. The molecule has 0 unspecified atom stereocenters. The minimum absolute atomic E-state index is 0.148. The lowest BCUT2D eigenvalue weighted by Gasteiger charge is -2.13. The first kappa shape index (κ1) is 21.2. The van der Waals surface area contributed by atoms with E-state index in [0.717, 1.165) is 0 Å². The minimum Gasteiger partial charge on any atom is -0.438 e. The first-order chi connectivity index (χ1) is 15.4. The van der Waals surface area contributed by atoms with Gasteiger partial charge in [-0.2, -0.15) is 10.1 Å². The van der Waals surface area contributed by atoms with E-state index in [1.165, 1.54) is 25.4 Å². The van der Waals surface area contributed by atoms with Crippen molar-refractivity contribution in [3.05, 3.63) is 66.1 Å². The SMILES string of the molecule is CC(=O)Nc1cccc(Oc2nc(Nc3cnn(C)c3)ncc2-c2cnc(Cl)c(F)c2)c1. The fourth-order valence-electron chi connectivity index (χ4n) is 2.84. The third-order valence-electron chi connectivity index (χ3n) is 4.19. The second-order valence-corrected chi connectivity index (χ2v) is 7.11. The molecule has 0 bridgehead atoms. The van der Waals surface area contributed by atoms with Crippen molar-refractivity contribution in [2.75, 3.05) is 10.6 Å². The van der Waals surface area contributed by atoms with Crippen molar-refractivity contribution in [3.63, 3.8) is 0 Å². The molecule has 0 fully saturated rings. The van der Waals surface area contributed by atoms with Crippen molar-refractivity contribution in [3.8, 4) is 22.8 Å². The molecule has 162 valence electrons. The number of hydrogen-bond donors (Lipinski definition) is 2. The lowest BCUT2D eigenvalue weighted by Crippen LogP contribution is -2.05. The highest BCUT2D eigenvalue weighted by Gasteiger charge is 2.15. The molecular formula is C21H17ClFN7O2. The average molecular weight is 454 g/mol. The first-order valence-corrected chi connectivity index (χ1v) is 9.75. The highest BCUT2D eigenvalue weighted by Crippen LogP contribution is 2.34. The lowest BCUT2D eigenvalue weighted by atomic mass is 10.1. The molecule has 0 aliphatic carbocycles. The predicted molar refractivity (Wildman–Crippen MR) is 118 cm³/mol. The summed E-state index contributed by atoms with van der Waals surface area (Å²) in [5, 5.41) is 9.57. The molecule has 3 aromatic heterocycles. The van der Waals surface area contributed by atoms with Gasteiger partial charge in [0.2, 0.25) is 17.7 Å². The van der Waals surface area contributed by atoms with E-state index >= 15 is 0 Å². The topological polar surface area (TPSA) is 107 Å². The van der Waals surface area contributed by atoms with Crippen LogP contribution >= 0.6 is 11.6 Å². The second kappa shape index (κ2) is 8.98. The number of aromatic nitrogens is 5. The van der Waals surface area contributed by atoms with Crippen molar-refractivity contribution in [1.82, 2.24) is 24.7 Å². The zero-order valence-electron chi connectivity index (χ0n) is 17.0. The van der Waals surface area contributed by atoms with E-state index in [0.29, 0.717) is 28.3 Å². The summed E-state index contributed by atoms with van der Waals surface area (Å²) in [6, 6.07) is 8.01. The molecule has 0 spiro atoms. The number of ether oxygens (including phenoxy) is 1. The van der Waals surface area contributed by atoms with E-state index in [9.17, 15) is 9.18 Å². The van der Waals surface area contributed by atoms with Gasteiger partial charge in [0.25, 0.3) is 0 Å². The zero-order chi connectivity index (χ0) is 22.7. The number of rotatable bonds is 6. The Morgan fingerprint density at radius 3 is 2.72 bits per heavy atom. The van der Waals surface area contributed by atoms with E-state index in [1.807, 2.05) is 0 Å². The van der Waals surface area contributed by atoms with Crippen LogP contribution < -0.4 is 15.4 Å². The maximum Gasteiger partial charge on any atom is 0.232 e. The Kier molecular flexibility index (Phi) is 5.95. The zero-order valence-corrected chi connectivity index (χ0v) is 17.8. The molecule has 2 N–H and O–H groups in total. The van der Waals surface area contributed by atoms with Crippen LogP contribution in [-0.2, 0) is 11.8 Å². The van der Waals surface area contributed by atoms with Crippen LogP contribution in [0.1, 0.15) is 6.92 Å². The van der Waals surface area contributed by atoms with E-state index in [-0.39, 0.29) is 22.9 Å². The van der Waals surface area contributed by atoms with Crippen LogP contribution in [0.5, 0.6) is 11.6 Å². The number of nitrogens with one attached hydrogen (secondary N) is 2. The monoisotopic (exact) mass is 453 g/mol. The van der Waals surface area contributed by atoms with Gasteiger partial charge in [-0.3, -0.25) is 9.48 Å². The first-order valence-electron chi connectivity index (χ1n) is 9.37. The molecule has 3 heterocycles. The number of carbonyl (C=O) groups excluding carboxylic acids is 1. The Morgan fingerprint density at radius 1 is 1.16 bits per heavy atom. The number of halogens is 2. The van der Waals surface area contributed by atoms with Gasteiger partial charge in [-0.25, -0.2) is 14.4 Å². The molecular weight excluding hydrogens is 437 g/mol.